The molecule has 1 aliphatic carbocycles. The Hall–Kier alpha value is -1.55. The molecule has 1 saturated carbocycles. The molecule has 0 saturated heterocycles. The maximum atomic E-state index is 11.7. The summed E-state index contributed by atoms with van der Waals surface area (Å²) < 4.78 is 11.3. The minimum atomic E-state index is -1.22. The number of para-hydroxylation sites is 1. The van der Waals surface area contributed by atoms with E-state index in [-0.39, 0.29) is 0 Å². The maximum Gasteiger partial charge on any atom is 0.340 e. The van der Waals surface area contributed by atoms with Gasteiger partial charge in [-0.05, 0) is 24.8 Å². The Bertz CT molecular complexity index is 467. The molecule has 1 aromatic carbocycles. The number of hydrogen-bond donors (Lipinski definition) is 1. The zero-order chi connectivity index (χ0) is 12.6. The van der Waals surface area contributed by atoms with Crippen LogP contribution in [-0.4, -0.2) is 24.3 Å². The van der Waals surface area contributed by atoms with Gasteiger partial charge in [0.25, 0.3) is 0 Å². The Morgan fingerprint density at radius 3 is 2.94 bits per heavy atom. The van der Waals surface area contributed by atoms with Crippen molar-refractivity contribution in [3.05, 3.63) is 29.8 Å². The van der Waals surface area contributed by atoms with Crippen molar-refractivity contribution in [3.63, 3.8) is 0 Å². The van der Waals surface area contributed by atoms with Crippen LogP contribution in [0.25, 0.3) is 0 Å². The molecule has 0 amide bonds. The minimum absolute atomic E-state index is 0.367. The van der Waals surface area contributed by atoms with Crippen LogP contribution in [0.3, 0.4) is 0 Å². The minimum Gasteiger partial charge on any atom is -0.493 e. The Morgan fingerprint density at radius 2 is 2.22 bits per heavy atom. The molecule has 2 aliphatic rings. The SMILES string of the molecule is O=C(O)C1(OCC2CC2)CCOc2ccccc21. The molecule has 18 heavy (non-hydrogen) atoms. The molecule has 0 aromatic heterocycles. The van der Waals surface area contributed by atoms with Crippen molar-refractivity contribution in [2.24, 2.45) is 5.92 Å². The van der Waals surface area contributed by atoms with E-state index in [1.54, 1.807) is 12.1 Å². The molecule has 1 heterocycles. The number of hydrogen-bond acceptors (Lipinski definition) is 3. The van der Waals surface area contributed by atoms with Crippen LogP contribution in [0, 0.1) is 5.92 Å². The third-order valence-corrected chi connectivity index (χ3v) is 3.64. The lowest BCUT2D eigenvalue weighted by atomic mass is 9.88. The summed E-state index contributed by atoms with van der Waals surface area (Å²) in [4.78, 5) is 11.7. The highest BCUT2D eigenvalue weighted by Gasteiger charge is 2.46. The topological polar surface area (TPSA) is 55.8 Å². The maximum absolute atomic E-state index is 11.7. The molecule has 1 N–H and O–H groups in total. The number of fused-ring (bicyclic) bond motifs is 1. The van der Waals surface area contributed by atoms with Crippen LogP contribution in [0.4, 0.5) is 0 Å². The molecular formula is C14H16O4. The van der Waals surface area contributed by atoms with Gasteiger partial charge in [0, 0.05) is 12.0 Å². The molecule has 96 valence electrons. The molecule has 1 aromatic rings. The molecular weight excluding hydrogens is 232 g/mol. The molecule has 0 spiro atoms. The van der Waals surface area contributed by atoms with E-state index in [0.717, 1.165) is 12.8 Å². The van der Waals surface area contributed by atoms with E-state index in [1.807, 2.05) is 12.1 Å². The molecule has 1 aliphatic heterocycles. The van der Waals surface area contributed by atoms with Crippen LogP contribution in [-0.2, 0) is 15.1 Å². The average molecular weight is 248 g/mol. The van der Waals surface area contributed by atoms with Gasteiger partial charge in [-0.1, -0.05) is 18.2 Å². The predicted molar refractivity (Wildman–Crippen MR) is 64.5 cm³/mol. The lowest BCUT2D eigenvalue weighted by molar-refractivity contribution is -0.173. The number of rotatable bonds is 4. The van der Waals surface area contributed by atoms with Gasteiger partial charge >= 0.3 is 5.97 Å². The van der Waals surface area contributed by atoms with E-state index in [9.17, 15) is 9.90 Å². The summed E-state index contributed by atoms with van der Waals surface area (Å²) in [6.45, 7) is 0.911. The van der Waals surface area contributed by atoms with Crippen molar-refractivity contribution in [2.75, 3.05) is 13.2 Å². The summed E-state index contributed by atoms with van der Waals surface area (Å²) >= 11 is 0. The highest BCUT2D eigenvalue weighted by molar-refractivity contribution is 5.81. The first-order chi connectivity index (χ1) is 8.72. The third kappa shape index (κ3) is 1.86. The van der Waals surface area contributed by atoms with Gasteiger partial charge in [0.15, 0.2) is 5.60 Å². The summed E-state index contributed by atoms with van der Waals surface area (Å²) in [7, 11) is 0. The second kappa shape index (κ2) is 4.28. The lowest BCUT2D eigenvalue weighted by Crippen LogP contribution is -2.43. The normalized spacial score (nSPS) is 26.2. The molecule has 3 rings (SSSR count). The summed E-state index contributed by atoms with van der Waals surface area (Å²) in [5.41, 5.74) is -0.582. The van der Waals surface area contributed by atoms with Gasteiger partial charge in [-0.3, -0.25) is 0 Å². The predicted octanol–water partition coefficient (Wildman–Crippen LogP) is 2.18. The van der Waals surface area contributed by atoms with E-state index < -0.39 is 11.6 Å². The van der Waals surface area contributed by atoms with E-state index in [4.69, 9.17) is 9.47 Å². The Kier molecular flexibility index (Phi) is 2.74. The fraction of sp³-hybridized carbons (Fsp3) is 0.500. The van der Waals surface area contributed by atoms with Gasteiger partial charge in [-0.2, -0.15) is 0 Å². The summed E-state index contributed by atoms with van der Waals surface area (Å²) in [6, 6.07) is 7.26. The molecule has 1 unspecified atom stereocenters. The van der Waals surface area contributed by atoms with Gasteiger partial charge in [-0.15, -0.1) is 0 Å². The van der Waals surface area contributed by atoms with Crippen LogP contribution >= 0.6 is 0 Å². The zero-order valence-electron chi connectivity index (χ0n) is 10.1. The standard InChI is InChI=1S/C14H16O4/c15-13(16)14(18-9-10-5-6-10)7-8-17-12-4-2-1-3-11(12)14/h1-4,10H,5-9H2,(H,15,16). The van der Waals surface area contributed by atoms with Crippen LogP contribution in [0.5, 0.6) is 5.75 Å². The summed E-state index contributed by atoms with van der Waals surface area (Å²) in [5, 5.41) is 9.59. The fourth-order valence-electron chi connectivity index (χ4n) is 2.34. The van der Waals surface area contributed by atoms with Crippen molar-refractivity contribution in [1.82, 2.24) is 0 Å². The van der Waals surface area contributed by atoms with Gasteiger partial charge in [0.05, 0.1) is 13.2 Å². The fourth-order valence-corrected chi connectivity index (χ4v) is 2.34. The van der Waals surface area contributed by atoms with E-state index in [2.05, 4.69) is 0 Å². The van der Waals surface area contributed by atoms with Crippen LogP contribution in [0.2, 0.25) is 0 Å². The van der Waals surface area contributed by atoms with E-state index >= 15 is 0 Å². The highest BCUT2D eigenvalue weighted by Crippen LogP contribution is 2.41. The first-order valence-corrected chi connectivity index (χ1v) is 6.32. The highest BCUT2D eigenvalue weighted by atomic mass is 16.5. The average Bonchev–Trinajstić information content (AvgIpc) is 3.20. The number of ether oxygens (including phenoxy) is 2. The number of carbonyl (C=O) groups is 1. The first kappa shape index (κ1) is 11.5. The van der Waals surface area contributed by atoms with E-state index in [1.165, 1.54) is 0 Å². The summed E-state index contributed by atoms with van der Waals surface area (Å²) in [5.74, 6) is 0.247. The second-order valence-corrected chi connectivity index (χ2v) is 4.98. The Balaban J connectivity index is 1.95. The third-order valence-electron chi connectivity index (χ3n) is 3.64. The van der Waals surface area contributed by atoms with Gasteiger partial charge in [0.1, 0.15) is 5.75 Å². The lowest BCUT2D eigenvalue weighted by Gasteiger charge is -2.35. The smallest absolute Gasteiger partial charge is 0.340 e. The monoisotopic (exact) mass is 248 g/mol. The second-order valence-electron chi connectivity index (χ2n) is 4.98. The molecule has 0 radical (unpaired) electrons. The number of benzene rings is 1. The van der Waals surface area contributed by atoms with Crippen molar-refractivity contribution in [3.8, 4) is 5.75 Å². The molecule has 0 bridgehead atoms. The largest absolute Gasteiger partial charge is 0.493 e. The number of carboxylic acid groups (broad SMARTS) is 1. The summed E-state index contributed by atoms with van der Waals surface area (Å²) in [6.07, 6.45) is 2.66. The van der Waals surface area contributed by atoms with Crippen molar-refractivity contribution >= 4 is 5.97 Å². The Labute approximate surface area is 106 Å². The van der Waals surface area contributed by atoms with Gasteiger partial charge in [0.2, 0.25) is 0 Å². The van der Waals surface area contributed by atoms with Crippen molar-refractivity contribution in [1.29, 1.82) is 0 Å². The first-order valence-electron chi connectivity index (χ1n) is 6.32. The molecule has 4 heteroatoms. The van der Waals surface area contributed by atoms with Crippen LogP contribution in [0.1, 0.15) is 24.8 Å². The number of carboxylic acids is 1. The zero-order valence-corrected chi connectivity index (χ0v) is 10.1. The number of aliphatic carboxylic acids is 1. The van der Waals surface area contributed by atoms with Crippen molar-refractivity contribution < 1.29 is 19.4 Å². The van der Waals surface area contributed by atoms with E-state index in [0.29, 0.717) is 36.9 Å². The molecule has 4 nitrogen and oxygen atoms in total. The van der Waals surface area contributed by atoms with Gasteiger partial charge in [-0.25, -0.2) is 4.79 Å². The molecule has 1 fully saturated rings. The van der Waals surface area contributed by atoms with Crippen LogP contribution in [0.15, 0.2) is 24.3 Å². The molecule has 1 atom stereocenters. The van der Waals surface area contributed by atoms with Crippen molar-refractivity contribution in [2.45, 2.75) is 24.9 Å². The Morgan fingerprint density at radius 1 is 1.44 bits per heavy atom. The van der Waals surface area contributed by atoms with Gasteiger partial charge < -0.3 is 14.6 Å². The quantitative estimate of drug-likeness (QED) is 0.887. The van der Waals surface area contributed by atoms with Crippen LogP contribution < -0.4 is 4.74 Å².